The zero-order chi connectivity index (χ0) is 15.8. The third-order valence-corrected chi connectivity index (χ3v) is 4.20. The van der Waals surface area contributed by atoms with E-state index in [-0.39, 0.29) is 11.4 Å². The minimum atomic E-state index is -0.744. The minimum Gasteiger partial charge on any atom is -0.505 e. The van der Waals surface area contributed by atoms with E-state index in [4.69, 9.17) is 4.42 Å². The predicted octanol–water partition coefficient (Wildman–Crippen LogP) is 4.52. The first-order valence-electron chi connectivity index (χ1n) is 6.74. The van der Waals surface area contributed by atoms with Crippen molar-refractivity contribution in [2.24, 2.45) is 10.2 Å². The number of hydrogen-bond acceptors (Lipinski definition) is 7. The minimum absolute atomic E-state index is 0.233. The standard InChI is InChI=1S/C16H9N3O3S/c20-14-9-5-1-3-7-11(9)22-15(21)13(14)18-19-16-17-10-6-2-4-8-12(10)23-16/h1-8,20H. The Morgan fingerprint density at radius 2 is 1.83 bits per heavy atom. The molecule has 0 fully saturated rings. The Labute approximate surface area is 133 Å². The molecule has 6 nitrogen and oxygen atoms in total. The van der Waals surface area contributed by atoms with Crippen LogP contribution in [-0.2, 0) is 0 Å². The van der Waals surface area contributed by atoms with Crippen LogP contribution in [0, 0.1) is 0 Å². The van der Waals surface area contributed by atoms with Gasteiger partial charge in [-0.1, -0.05) is 35.6 Å². The maximum absolute atomic E-state index is 11.9. The second-order valence-electron chi connectivity index (χ2n) is 4.75. The van der Waals surface area contributed by atoms with Gasteiger partial charge < -0.3 is 9.52 Å². The maximum Gasteiger partial charge on any atom is 0.368 e. The Hall–Kier alpha value is -3.06. The van der Waals surface area contributed by atoms with E-state index in [1.165, 1.54) is 11.3 Å². The smallest absolute Gasteiger partial charge is 0.368 e. The van der Waals surface area contributed by atoms with E-state index in [1.807, 2.05) is 24.3 Å². The highest BCUT2D eigenvalue weighted by Gasteiger charge is 2.13. The molecule has 0 spiro atoms. The summed E-state index contributed by atoms with van der Waals surface area (Å²) in [4.78, 5) is 16.2. The summed E-state index contributed by atoms with van der Waals surface area (Å²) in [5.41, 5.74) is 0.129. The molecule has 23 heavy (non-hydrogen) atoms. The summed E-state index contributed by atoms with van der Waals surface area (Å²) in [5, 5.41) is 18.8. The van der Waals surface area contributed by atoms with Crippen LogP contribution < -0.4 is 5.63 Å². The molecule has 1 N–H and O–H groups in total. The van der Waals surface area contributed by atoms with Crippen molar-refractivity contribution in [2.75, 3.05) is 0 Å². The third kappa shape index (κ3) is 2.36. The summed E-state index contributed by atoms with van der Waals surface area (Å²) in [5.74, 6) is -0.248. The first-order chi connectivity index (χ1) is 11.2. The Morgan fingerprint density at radius 3 is 2.70 bits per heavy atom. The fourth-order valence-corrected chi connectivity index (χ4v) is 2.99. The summed E-state index contributed by atoms with van der Waals surface area (Å²) in [7, 11) is 0. The monoisotopic (exact) mass is 323 g/mol. The zero-order valence-electron chi connectivity index (χ0n) is 11.6. The van der Waals surface area contributed by atoms with Gasteiger partial charge in [-0.2, -0.15) is 0 Å². The van der Waals surface area contributed by atoms with Crippen LogP contribution in [-0.4, -0.2) is 10.1 Å². The quantitative estimate of drug-likeness (QED) is 0.434. The van der Waals surface area contributed by atoms with Gasteiger partial charge in [0.15, 0.2) is 5.75 Å². The summed E-state index contributed by atoms with van der Waals surface area (Å²) in [6.45, 7) is 0. The molecule has 0 aliphatic rings. The van der Waals surface area contributed by atoms with E-state index >= 15 is 0 Å². The topological polar surface area (TPSA) is 88.0 Å². The van der Waals surface area contributed by atoms with Crippen molar-refractivity contribution < 1.29 is 9.52 Å². The molecular weight excluding hydrogens is 314 g/mol. The number of azo groups is 1. The molecule has 2 aromatic carbocycles. The first kappa shape index (κ1) is 13.6. The van der Waals surface area contributed by atoms with Crippen LogP contribution >= 0.6 is 11.3 Å². The van der Waals surface area contributed by atoms with Gasteiger partial charge in [0.1, 0.15) is 5.58 Å². The van der Waals surface area contributed by atoms with E-state index in [1.54, 1.807) is 24.3 Å². The van der Waals surface area contributed by atoms with E-state index in [0.717, 1.165) is 10.2 Å². The fourth-order valence-electron chi connectivity index (χ4n) is 2.21. The van der Waals surface area contributed by atoms with Gasteiger partial charge >= 0.3 is 5.63 Å². The van der Waals surface area contributed by atoms with Gasteiger partial charge in [-0.25, -0.2) is 9.78 Å². The maximum atomic E-state index is 11.9. The molecule has 2 heterocycles. The van der Waals surface area contributed by atoms with Crippen LogP contribution in [0.1, 0.15) is 0 Å². The molecule has 0 amide bonds. The van der Waals surface area contributed by atoms with Crippen LogP contribution in [0.5, 0.6) is 5.75 Å². The number of aromatic hydroxyl groups is 1. The molecule has 0 atom stereocenters. The van der Waals surface area contributed by atoms with Gasteiger partial charge in [-0.3, -0.25) is 0 Å². The summed E-state index contributed by atoms with van der Waals surface area (Å²) in [6, 6.07) is 14.3. The van der Waals surface area contributed by atoms with E-state index in [0.29, 0.717) is 16.1 Å². The summed E-state index contributed by atoms with van der Waals surface area (Å²) in [6.07, 6.45) is 0. The number of para-hydroxylation sites is 2. The molecule has 0 saturated heterocycles. The number of hydrogen-bond donors (Lipinski definition) is 1. The molecule has 4 rings (SSSR count). The molecular formula is C16H9N3O3S. The highest BCUT2D eigenvalue weighted by molar-refractivity contribution is 7.21. The largest absolute Gasteiger partial charge is 0.505 e. The lowest BCUT2D eigenvalue weighted by atomic mass is 10.2. The van der Waals surface area contributed by atoms with Crippen molar-refractivity contribution in [2.45, 2.75) is 0 Å². The molecule has 0 bridgehead atoms. The molecule has 7 heteroatoms. The number of benzene rings is 2. The molecule has 0 saturated carbocycles. The van der Waals surface area contributed by atoms with Crippen molar-refractivity contribution >= 4 is 43.3 Å². The highest BCUT2D eigenvalue weighted by atomic mass is 32.1. The van der Waals surface area contributed by atoms with Gasteiger partial charge in [0.2, 0.25) is 10.8 Å². The first-order valence-corrected chi connectivity index (χ1v) is 7.56. The van der Waals surface area contributed by atoms with Crippen molar-refractivity contribution in [3.05, 3.63) is 59.0 Å². The van der Waals surface area contributed by atoms with Gasteiger partial charge in [-0.05, 0) is 24.3 Å². The van der Waals surface area contributed by atoms with E-state index < -0.39 is 5.63 Å². The molecule has 2 aromatic heterocycles. The Balaban J connectivity index is 1.81. The third-order valence-electron chi connectivity index (χ3n) is 3.28. The molecule has 0 aliphatic heterocycles. The van der Waals surface area contributed by atoms with Crippen molar-refractivity contribution in [3.8, 4) is 5.75 Å². The second kappa shape index (κ2) is 5.29. The number of aromatic nitrogens is 1. The van der Waals surface area contributed by atoms with Crippen LogP contribution in [0.25, 0.3) is 21.2 Å². The van der Waals surface area contributed by atoms with Crippen LogP contribution in [0.15, 0.2) is 68.0 Å². The van der Waals surface area contributed by atoms with Gasteiger partial charge in [0.25, 0.3) is 0 Å². The average molecular weight is 323 g/mol. The number of nitrogens with zero attached hydrogens (tertiary/aromatic N) is 3. The zero-order valence-corrected chi connectivity index (χ0v) is 12.4. The molecule has 0 radical (unpaired) electrons. The number of fused-ring (bicyclic) bond motifs is 2. The van der Waals surface area contributed by atoms with E-state index in [9.17, 15) is 9.90 Å². The molecule has 0 unspecified atom stereocenters. The SMILES string of the molecule is O=c1oc2ccccc2c(O)c1N=Nc1nc2ccccc2s1. The van der Waals surface area contributed by atoms with Crippen molar-refractivity contribution in [1.29, 1.82) is 0 Å². The average Bonchev–Trinajstić information content (AvgIpc) is 2.97. The predicted molar refractivity (Wildman–Crippen MR) is 87.9 cm³/mol. The summed E-state index contributed by atoms with van der Waals surface area (Å²) >= 11 is 1.35. The number of thiazole rings is 1. The Morgan fingerprint density at radius 1 is 1.04 bits per heavy atom. The Bertz CT molecular complexity index is 1080. The van der Waals surface area contributed by atoms with Crippen LogP contribution in [0.3, 0.4) is 0 Å². The lowest BCUT2D eigenvalue weighted by molar-refractivity contribution is 0.469. The molecule has 0 aliphatic carbocycles. The van der Waals surface area contributed by atoms with E-state index in [2.05, 4.69) is 15.2 Å². The van der Waals surface area contributed by atoms with Gasteiger partial charge in [0.05, 0.1) is 15.6 Å². The van der Waals surface area contributed by atoms with Crippen LogP contribution in [0.4, 0.5) is 10.8 Å². The van der Waals surface area contributed by atoms with Gasteiger partial charge in [0, 0.05) is 0 Å². The van der Waals surface area contributed by atoms with Gasteiger partial charge in [-0.15, -0.1) is 10.2 Å². The van der Waals surface area contributed by atoms with Crippen molar-refractivity contribution in [1.82, 2.24) is 4.98 Å². The fraction of sp³-hybridized carbons (Fsp3) is 0. The molecule has 4 aromatic rings. The lowest BCUT2D eigenvalue weighted by Gasteiger charge is -2.00. The highest BCUT2D eigenvalue weighted by Crippen LogP contribution is 2.33. The lowest BCUT2D eigenvalue weighted by Crippen LogP contribution is -1.98. The summed E-state index contributed by atoms with van der Waals surface area (Å²) < 4.78 is 6.10. The normalized spacial score (nSPS) is 11.7. The van der Waals surface area contributed by atoms with Crippen LogP contribution in [0.2, 0.25) is 0 Å². The van der Waals surface area contributed by atoms with Crippen molar-refractivity contribution in [3.63, 3.8) is 0 Å². The Kier molecular flexibility index (Phi) is 3.13. The number of rotatable bonds is 2. The molecule has 112 valence electrons. The second-order valence-corrected chi connectivity index (χ2v) is 5.76.